The second-order valence-electron chi connectivity index (χ2n) is 7.59. The molecule has 1 N–H and O–H groups in total. The van der Waals surface area contributed by atoms with Gasteiger partial charge in [0, 0.05) is 20.1 Å². The summed E-state index contributed by atoms with van der Waals surface area (Å²) in [5.74, 6) is 2.50. The van der Waals surface area contributed by atoms with E-state index in [1.54, 1.807) is 7.11 Å². The molecule has 2 fully saturated rings. The SMILES string of the molecule is CNCCN(C)C(=O)C1(Cc2cccc(OC)c2)CC2CCC1C2. The van der Waals surface area contributed by atoms with Crippen LogP contribution in [0.3, 0.4) is 0 Å². The minimum atomic E-state index is -0.211. The topological polar surface area (TPSA) is 41.6 Å². The van der Waals surface area contributed by atoms with Gasteiger partial charge in [-0.05, 0) is 62.3 Å². The van der Waals surface area contributed by atoms with Crippen LogP contribution in [0.15, 0.2) is 24.3 Å². The van der Waals surface area contributed by atoms with Crippen LogP contribution < -0.4 is 10.1 Å². The number of carbonyl (C=O) groups excluding carboxylic acids is 1. The molecule has 0 spiro atoms. The number of benzene rings is 1. The van der Waals surface area contributed by atoms with Crippen molar-refractivity contribution >= 4 is 5.91 Å². The molecule has 132 valence electrons. The average Bonchev–Trinajstić information content (AvgIpc) is 3.20. The van der Waals surface area contributed by atoms with E-state index < -0.39 is 0 Å². The maximum atomic E-state index is 13.4. The number of fused-ring (bicyclic) bond motifs is 2. The molecule has 3 unspecified atom stereocenters. The maximum Gasteiger partial charge on any atom is 0.229 e. The van der Waals surface area contributed by atoms with Crippen LogP contribution in [0.5, 0.6) is 5.75 Å². The standard InChI is InChI=1S/C20H30N2O2/c1-21-9-10-22(2)19(23)20(14-16-7-8-17(20)11-16)13-15-5-4-6-18(12-15)24-3/h4-6,12,16-17,21H,7-11,13-14H2,1-3H3. The quantitative estimate of drug-likeness (QED) is 0.836. The second kappa shape index (κ2) is 7.14. The molecular formula is C20H30N2O2. The summed E-state index contributed by atoms with van der Waals surface area (Å²) >= 11 is 0. The maximum absolute atomic E-state index is 13.4. The van der Waals surface area contributed by atoms with E-state index >= 15 is 0 Å². The minimum Gasteiger partial charge on any atom is -0.497 e. The smallest absolute Gasteiger partial charge is 0.229 e. The predicted octanol–water partition coefficient (Wildman–Crippen LogP) is 2.72. The number of carbonyl (C=O) groups is 1. The Morgan fingerprint density at radius 1 is 1.42 bits per heavy atom. The minimum absolute atomic E-state index is 0.211. The van der Waals surface area contributed by atoms with Crippen LogP contribution in [0.4, 0.5) is 0 Å². The lowest BCUT2D eigenvalue weighted by Gasteiger charge is -2.39. The van der Waals surface area contributed by atoms with E-state index in [1.807, 2.05) is 31.1 Å². The zero-order chi connectivity index (χ0) is 17.2. The lowest BCUT2D eigenvalue weighted by molar-refractivity contribution is -0.144. The fourth-order valence-electron chi connectivity index (χ4n) is 4.91. The van der Waals surface area contributed by atoms with E-state index in [0.29, 0.717) is 11.8 Å². The summed E-state index contributed by atoms with van der Waals surface area (Å²) in [7, 11) is 5.59. The van der Waals surface area contributed by atoms with Gasteiger partial charge in [0.2, 0.25) is 5.91 Å². The molecule has 0 aromatic heterocycles. The number of hydrogen-bond donors (Lipinski definition) is 1. The van der Waals surface area contributed by atoms with Crippen LogP contribution in [0.2, 0.25) is 0 Å². The van der Waals surface area contributed by atoms with Gasteiger partial charge in [-0.1, -0.05) is 18.6 Å². The van der Waals surface area contributed by atoms with E-state index in [-0.39, 0.29) is 5.41 Å². The van der Waals surface area contributed by atoms with Gasteiger partial charge in [-0.25, -0.2) is 0 Å². The Labute approximate surface area is 145 Å². The fraction of sp³-hybridized carbons (Fsp3) is 0.650. The molecule has 4 heteroatoms. The van der Waals surface area contributed by atoms with Gasteiger partial charge in [0.1, 0.15) is 5.75 Å². The van der Waals surface area contributed by atoms with Crippen molar-refractivity contribution in [1.82, 2.24) is 10.2 Å². The lowest BCUT2D eigenvalue weighted by atomic mass is 9.68. The highest BCUT2D eigenvalue weighted by Gasteiger charge is 2.55. The first-order chi connectivity index (χ1) is 11.6. The van der Waals surface area contributed by atoms with Crippen molar-refractivity contribution in [2.75, 3.05) is 34.3 Å². The number of nitrogens with one attached hydrogen (secondary N) is 1. The molecule has 3 rings (SSSR count). The highest BCUT2D eigenvalue weighted by molar-refractivity contribution is 5.84. The van der Waals surface area contributed by atoms with Crippen LogP contribution >= 0.6 is 0 Å². The van der Waals surface area contributed by atoms with Crippen LogP contribution in [-0.2, 0) is 11.2 Å². The van der Waals surface area contributed by atoms with Gasteiger partial charge in [-0.15, -0.1) is 0 Å². The fourth-order valence-corrected chi connectivity index (χ4v) is 4.91. The molecule has 0 saturated heterocycles. The number of rotatable bonds is 7. The summed E-state index contributed by atoms with van der Waals surface area (Å²) in [4.78, 5) is 15.3. The van der Waals surface area contributed by atoms with E-state index in [9.17, 15) is 4.79 Å². The van der Waals surface area contributed by atoms with Crippen molar-refractivity contribution < 1.29 is 9.53 Å². The molecule has 24 heavy (non-hydrogen) atoms. The second-order valence-corrected chi connectivity index (χ2v) is 7.59. The summed E-state index contributed by atoms with van der Waals surface area (Å²) in [5.41, 5.74) is 1.01. The molecule has 2 saturated carbocycles. The van der Waals surface area contributed by atoms with Gasteiger partial charge >= 0.3 is 0 Å². The number of ether oxygens (including phenoxy) is 1. The van der Waals surface area contributed by atoms with Crippen molar-refractivity contribution in [3.8, 4) is 5.75 Å². The lowest BCUT2D eigenvalue weighted by Crippen LogP contribution is -2.48. The van der Waals surface area contributed by atoms with Crippen LogP contribution in [0, 0.1) is 17.3 Å². The Kier molecular flexibility index (Phi) is 5.14. The molecule has 2 aliphatic carbocycles. The highest BCUT2D eigenvalue weighted by atomic mass is 16.5. The van der Waals surface area contributed by atoms with Gasteiger partial charge in [0.15, 0.2) is 0 Å². The molecule has 0 radical (unpaired) electrons. The average molecular weight is 330 g/mol. The Morgan fingerprint density at radius 3 is 2.88 bits per heavy atom. The number of nitrogens with zero attached hydrogens (tertiary/aromatic N) is 1. The zero-order valence-electron chi connectivity index (χ0n) is 15.2. The number of amides is 1. The third-order valence-electron chi connectivity index (χ3n) is 6.10. The van der Waals surface area contributed by atoms with Crippen LogP contribution in [0.25, 0.3) is 0 Å². The Hall–Kier alpha value is -1.55. The van der Waals surface area contributed by atoms with Gasteiger partial charge in [-0.3, -0.25) is 4.79 Å². The van der Waals surface area contributed by atoms with Crippen molar-refractivity contribution in [1.29, 1.82) is 0 Å². The number of likely N-dealkylation sites (N-methyl/N-ethyl adjacent to an activating group) is 2. The molecular weight excluding hydrogens is 300 g/mol. The van der Waals surface area contributed by atoms with Crippen LogP contribution in [-0.4, -0.2) is 45.1 Å². The predicted molar refractivity (Wildman–Crippen MR) is 96.1 cm³/mol. The first-order valence-corrected chi connectivity index (χ1v) is 9.12. The summed E-state index contributed by atoms with van der Waals surface area (Å²) in [5, 5.41) is 3.14. The Balaban J connectivity index is 1.85. The van der Waals surface area contributed by atoms with Gasteiger partial charge in [0.05, 0.1) is 12.5 Å². The first-order valence-electron chi connectivity index (χ1n) is 9.12. The van der Waals surface area contributed by atoms with E-state index in [4.69, 9.17) is 4.74 Å². The van der Waals surface area contributed by atoms with E-state index in [0.717, 1.165) is 37.6 Å². The first kappa shape index (κ1) is 17.3. The number of hydrogen-bond acceptors (Lipinski definition) is 3. The Bertz CT molecular complexity index is 589. The Morgan fingerprint density at radius 2 is 2.25 bits per heavy atom. The zero-order valence-corrected chi connectivity index (χ0v) is 15.2. The third kappa shape index (κ3) is 3.16. The molecule has 1 aromatic rings. The van der Waals surface area contributed by atoms with Crippen LogP contribution in [0.1, 0.15) is 31.2 Å². The molecule has 3 atom stereocenters. The molecule has 1 aromatic carbocycles. The normalized spacial score (nSPS) is 28.1. The van der Waals surface area contributed by atoms with Crippen molar-refractivity contribution in [2.24, 2.45) is 17.3 Å². The summed E-state index contributed by atoms with van der Waals surface area (Å²) in [6.07, 6.45) is 5.64. The molecule has 2 bridgehead atoms. The summed E-state index contributed by atoms with van der Waals surface area (Å²) in [6, 6.07) is 8.23. The summed E-state index contributed by atoms with van der Waals surface area (Å²) in [6.45, 7) is 1.61. The largest absolute Gasteiger partial charge is 0.497 e. The molecule has 4 nitrogen and oxygen atoms in total. The molecule has 0 heterocycles. The highest BCUT2D eigenvalue weighted by Crippen LogP contribution is 2.58. The van der Waals surface area contributed by atoms with E-state index in [2.05, 4.69) is 17.4 Å². The third-order valence-corrected chi connectivity index (χ3v) is 6.10. The van der Waals surface area contributed by atoms with E-state index in [1.165, 1.54) is 24.8 Å². The summed E-state index contributed by atoms with van der Waals surface area (Å²) < 4.78 is 5.37. The van der Waals surface area contributed by atoms with Gasteiger partial charge in [-0.2, -0.15) is 0 Å². The van der Waals surface area contributed by atoms with Crippen molar-refractivity contribution in [3.63, 3.8) is 0 Å². The monoisotopic (exact) mass is 330 g/mol. The molecule has 2 aliphatic rings. The van der Waals surface area contributed by atoms with Gasteiger partial charge in [0.25, 0.3) is 0 Å². The number of methoxy groups -OCH3 is 1. The van der Waals surface area contributed by atoms with Gasteiger partial charge < -0.3 is 15.0 Å². The van der Waals surface area contributed by atoms with Crippen molar-refractivity contribution in [3.05, 3.63) is 29.8 Å². The molecule has 0 aliphatic heterocycles. The molecule has 1 amide bonds. The van der Waals surface area contributed by atoms with Crippen molar-refractivity contribution in [2.45, 2.75) is 32.1 Å².